The molecule has 0 spiro atoms. The lowest BCUT2D eigenvalue weighted by atomic mass is 10.1. The second-order valence-corrected chi connectivity index (χ2v) is 5.10. The van der Waals surface area contributed by atoms with E-state index in [4.69, 9.17) is 5.73 Å². The Labute approximate surface area is 90.9 Å². The van der Waals surface area contributed by atoms with Crippen LogP contribution in [-0.4, -0.2) is 18.1 Å². The standard InChI is InChI=1S/C13H18N2/c14-13(6-7-13)9-15-12-8-11(12)10-4-2-1-3-5-10/h1-5,11-12,15H,6-9,14H2. The van der Waals surface area contributed by atoms with Crippen LogP contribution in [0.3, 0.4) is 0 Å². The highest BCUT2D eigenvalue weighted by Gasteiger charge is 2.43. The third kappa shape index (κ3) is 2.06. The van der Waals surface area contributed by atoms with Crippen LogP contribution in [0.4, 0.5) is 0 Å². The zero-order valence-corrected chi connectivity index (χ0v) is 8.95. The van der Waals surface area contributed by atoms with Crippen molar-refractivity contribution < 1.29 is 0 Å². The second kappa shape index (κ2) is 3.32. The van der Waals surface area contributed by atoms with Gasteiger partial charge in [0.2, 0.25) is 0 Å². The summed E-state index contributed by atoms with van der Waals surface area (Å²) in [4.78, 5) is 0. The fourth-order valence-electron chi connectivity index (χ4n) is 2.16. The molecule has 2 unspecified atom stereocenters. The van der Waals surface area contributed by atoms with Crippen LogP contribution in [0.15, 0.2) is 30.3 Å². The van der Waals surface area contributed by atoms with Gasteiger partial charge in [-0.05, 0) is 24.8 Å². The van der Waals surface area contributed by atoms with Crippen LogP contribution < -0.4 is 11.1 Å². The van der Waals surface area contributed by atoms with Crippen molar-refractivity contribution >= 4 is 0 Å². The number of hydrogen-bond donors (Lipinski definition) is 2. The van der Waals surface area contributed by atoms with Gasteiger partial charge in [0.25, 0.3) is 0 Å². The Bertz CT molecular complexity index is 343. The molecule has 0 amide bonds. The Morgan fingerprint density at radius 2 is 2.00 bits per heavy atom. The summed E-state index contributed by atoms with van der Waals surface area (Å²) in [5.74, 6) is 0.730. The lowest BCUT2D eigenvalue weighted by Gasteiger charge is -2.09. The highest BCUT2D eigenvalue weighted by atomic mass is 15.0. The van der Waals surface area contributed by atoms with Gasteiger partial charge >= 0.3 is 0 Å². The first kappa shape index (κ1) is 9.37. The number of nitrogens with two attached hydrogens (primary N) is 1. The molecule has 1 aromatic rings. The topological polar surface area (TPSA) is 38.0 Å². The largest absolute Gasteiger partial charge is 0.324 e. The quantitative estimate of drug-likeness (QED) is 0.778. The maximum atomic E-state index is 6.04. The molecule has 15 heavy (non-hydrogen) atoms. The van der Waals surface area contributed by atoms with Crippen LogP contribution >= 0.6 is 0 Å². The van der Waals surface area contributed by atoms with Crippen molar-refractivity contribution in [1.82, 2.24) is 5.32 Å². The molecule has 0 radical (unpaired) electrons. The van der Waals surface area contributed by atoms with Crippen LogP contribution in [0.2, 0.25) is 0 Å². The van der Waals surface area contributed by atoms with Crippen molar-refractivity contribution in [2.24, 2.45) is 5.73 Å². The summed E-state index contributed by atoms with van der Waals surface area (Å²) in [6, 6.07) is 11.4. The molecule has 0 bridgehead atoms. The Morgan fingerprint density at radius 1 is 1.27 bits per heavy atom. The predicted molar refractivity (Wildman–Crippen MR) is 61.7 cm³/mol. The number of rotatable bonds is 4. The smallest absolute Gasteiger partial charge is 0.0282 e. The molecule has 3 rings (SSSR count). The first-order valence-electron chi connectivity index (χ1n) is 5.84. The average Bonchev–Trinajstić information content (AvgIpc) is 3.14. The van der Waals surface area contributed by atoms with E-state index in [9.17, 15) is 0 Å². The lowest BCUT2D eigenvalue weighted by Crippen LogP contribution is -2.37. The molecule has 2 fully saturated rings. The van der Waals surface area contributed by atoms with Crippen LogP contribution in [-0.2, 0) is 0 Å². The van der Waals surface area contributed by atoms with Crippen molar-refractivity contribution in [1.29, 1.82) is 0 Å². The molecule has 0 aromatic heterocycles. The van der Waals surface area contributed by atoms with E-state index in [0.717, 1.165) is 12.5 Å². The SMILES string of the molecule is NC1(CNC2CC2c2ccccc2)CC1. The van der Waals surface area contributed by atoms with Crippen LogP contribution in [0.1, 0.15) is 30.7 Å². The van der Waals surface area contributed by atoms with Gasteiger partial charge in [-0.2, -0.15) is 0 Å². The molecule has 1 aromatic carbocycles. The molecule has 2 heteroatoms. The summed E-state index contributed by atoms with van der Waals surface area (Å²) < 4.78 is 0. The molecule has 2 atom stereocenters. The summed E-state index contributed by atoms with van der Waals surface area (Å²) in [7, 11) is 0. The molecular formula is C13H18N2. The molecule has 2 aliphatic carbocycles. The van der Waals surface area contributed by atoms with Gasteiger partial charge in [-0.25, -0.2) is 0 Å². The van der Waals surface area contributed by atoms with Gasteiger partial charge in [0.1, 0.15) is 0 Å². The minimum atomic E-state index is 0.143. The van der Waals surface area contributed by atoms with Crippen molar-refractivity contribution in [3.63, 3.8) is 0 Å². The molecule has 2 saturated carbocycles. The maximum absolute atomic E-state index is 6.04. The van der Waals surface area contributed by atoms with E-state index in [0.29, 0.717) is 6.04 Å². The Balaban J connectivity index is 1.52. The molecule has 3 N–H and O–H groups in total. The minimum absolute atomic E-state index is 0.143. The van der Waals surface area contributed by atoms with E-state index < -0.39 is 0 Å². The second-order valence-electron chi connectivity index (χ2n) is 5.10. The molecule has 80 valence electrons. The summed E-state index contributed by atoms with van der Waals surface area (Å²) in [6.07, 6.45) is 3.67. The summed E-state index contributed by atoms with van der Waals surface area (Å²) in [5.41, 5.74) is 7.66. The summed E-state index contributed by atoms with van der Waals surface area (Å²) >= 11 is 0. The van der Waals surface area contributed by atoms with Crippen molar-refractivity contribution in [3.05, 3.63) is 35.9 Å². The minimum Gasteiger partial charge on any atom is -0.324 e. The highest BCUT2D eigenvalue weighted by Crippen LogP contribution is 2.41. The van der Waals surface area contributed by atoms with Gasteiger partial charge in [0.15, 0.2) is 0 Å². The van der Waals surface area contributed by atoms with E-state index in [2.05, 4.69) is 35.6 Å². The van der Waals surface area contributed by atoms with E-state index in [1.165, 1.54) is 24.8 Å². The van der Waals surface area contributed by atoms with Gasteiger partial charge < -0.3 is 11.1 Å². The molecule has 0 heterocycles. The third-order valence-corrected chi connectivity index (χ3v) is 3.63. The van der Waals surface area contributed by atoms with E-state index in [-0.39, 0.29) is 5.54 Å². The normalized spacial score (nSPS) is 31.3. The third-order valence-electron chi connectivity index (χ3n) is 3.63. The monoisotopic (exact) mass is 202 g/mol. The van der Waals surface area contributed by atoms with Gasteiger partial charge in [-0.1, -0.05) is 30.3 Å². The van der Waals surface area contributed by atoms with Gasteiger partial charge in [0.05, 0.1) is 0 Å². The van der Waals surface area contributed by atoms with Gasteiger partial charge in [-0.3, -0.25) is 0 Å². The van der Waals surface area contributed by atoms with Crippen LogP contribution in [0.5, 0.6) is 0 Å². The van der Waals surface area contributed by atoms with E-state index >= 15 is 0 Å². The number of nitrogens with one attached hydrogen (secondary N) is 1. The first-order valence-corrected chi connectivity index (χ1v) is 5.84. The molecule has 2 aliphatic rings. The molecule has 2 nitrogen and oxygen atoms in total. The average molecular weight is 202 g/mol. The Hall–Kier alpha value is -0.860. The summed E-state index contributed by atoms with van der Waals surface area (Å²) in [6.45, 7) is 1.00. The van der Waals surface area contributed by atoms with Crippen LogP contribution in [0, 0.1) is 0 Å². The van der Waals surface area contributed by atoms with Crippen molar-refractivity contribution in [2.75, 3.05) is 6.54 Å². The highest BCUT2D eigenvalue weighted by molar-refractivity contribution is 5.27. The predicted octanol–water partition coefficient (Wildman–Crippen LogP) is 1.62. The van der Waals surface area contributed by atoms with Crippen LogP contribution in [0.25, 0.3) is 0 Å². The Kier molecular flexibility index (Phi) is 2.08. The zero-order valence-electron chi connectivity index (χ0n) is 8.95. The number of hydrogen-bond acceptors (Lipinski definition) is 2. The fourth-order valence-corrected chi connectivity index (χ4v) is 2.16. The zero-order chi connectivity index (χ0) is 10.3. The van der Waals surface area contributed by atoms with E-state index in [1.807, 2.05) is 0 Å². The van der Waals surface area contributed by atoms with Crippen molar-refractivity contribution in [2.45, 2.75) is 36.8 Å². The molecule has 0 aliphatic heterocycles. The van der Waals surface area contributed by atoms with Gasteiger partial charge in [-0.15, -0.1) is 0 Å². The van der Waals surface area contributed by atoms with E-state index in [1.54, 1.807) is 0 Å². The van der Waals surface area contributed by atoms with Crippen molar-refractivity contribution in [3.8, 4) is 0 Å². The first-order chi connectivity index (χ1) is 7.27. The lowest BCUT2D eigenvalue weighted by molar-refractivity contribution is 0.561. The molecule has 0 saturated heterocycles. The van der Waals surface area contributed by atoms with Gasteiger partial charge in [0, 0.05) is 24.0 Å². The maximum Gasteiger partial charge on any atom is 0.0282 e. The molecular weight excluding hydrogens is 184 g/mol. The Morgan fingerprint density at radius 3 is 2.67 bits per heavy atom. The summed E-state index contributed by atoms with van der Waals surface area (Å²) in [5, 5.41) is 3.58. The number of benzene rings is 1. The fraction of sp³-hybridized carbons (Fsp3) is 0.538.